The van der Waals surface area contributed by atoms with Crippen LogP contribution in [0.3, 0.4) is 0 Å². The molecule has 4 heteroatoms. The molecule has 0 unspecified atom stereocenters. The average molecular weight is 274 g/mol. The molecule has 1 aromatic carbocycles. The van der Waals surface area contributed by atoms with Crippen LogP contribution in [0.25, 0.3) is 0 Å². The van der Waals surface area contributed by atoms with E-state index < -0.39 is 0 Å². The molecule has 0 aliphatic carbocycles. The fraction of sp³-hybridized carbons (Fsp3) is 0.500. The monoisotopic (exact) mass is 274 g/mol. The van der Waals surface area contributed by atoms with Crippen molar-refractivity contribution in [2.75, 3.05) is 11.4 Å². The van der Waals surface area contributed by atoms with Crippen molar-refractivity contribution in [3.63, 3.8) is 0 Å². The number of amides is 2. The zero-order valence-corrected chi connectivity index (χ0v) is 12.4. The fourth-order valence-corrected chi connectivity index (χ4v) is 2.50. The molecule has 20 heavy (non-hydrogen) atoms. The smallest absolute Gasteiger partial charge is 0.234 e. The van der Waals surface area contributed by atoms with Gasteiger partial charge in [-0.15, -0.1) is 0 Å². The van der Waals surface area contributed by atoms with Crippen molar-refractivity contribution in [3.05, 3.63) is 29.8 Å². The highest BCUT2D eigenvalue weighted by atomic mass is 16.2. The van der Waals surface area contributed by atoms with E-state index in [1.165, 1.54) is 4.90 Å². The highest BCUT2D eigenvalue weighted by Gasteiger charge is 2.38. The first kappa shape index (κ1) is 14.7. The van der Waals surface area contributed by atoms with Crippen LogP contribution in [-0.4, -0.2) is 18.4 Å². The second kappa shape index (κ2) is 5.75. The van der Waals surface area contributed by atoms with Crippen molar-refractivity contribution >= 4 is 17.5 Å². The summed E-state index contributed by atoms with van der Waals surface area (Å²) in [4.78, 5) is 25.7. The molecule has 0 bridgehead atoms. The molecule has 108 valence electrons. The highest BCUT2D eigenvalue weighted by molar-refractivity contribution is 6.16. The number of nitrogens with one attached hydrogen (secondary N) is 1. The molecule has 0 saturated carbocycles. The fourth-order valence-electron chi connectivity index (χ4n) is 2.50. The van der Waals surface area contributed by atoms with Crippen LogP contribution in [0.5, 0.6) is 0 Å². The van der Waals surface area contributed by atoms with E-state index in [-0.39, 0.29) is 17.2 Å². The van der Waals surface area contributed by atoms with Crippen LogP contribution in [0, 0.1) is 5.41 Å². The summed E-state index contributed by atoms with van der Waals surface area (Å²) < 4.78 is 0. The van der Waals surface area contributed by atoms with Gasteiger partial charge < -0.3 is 5.32 Å². The van der Waals surface area contributed by atoms with Crippen LogP contribution in [0.15, 0.2) is 24.3 Å². The Morgan fingerprint density at radius 2 is 1.65 bits per heavy atom. The third-order valence-corrected chi connectivity index (χ3v) is 3.53. The molecule has 0 aromatic heterocycles. The Kier molecular flexibility index (Phi) is 4.23. The van der Waals surface area contributed by atoms with Crippen LogP contribution in [0.4, 0.5) is 5.69 Å². The molecule has 1 N–H and O–H groups in total. The zero-order chi connectivity index (χ0) is 14.8. The third kappa shape index (κ3) is 3.25. The minimum Gasteiger partial charge on any atom is -0.313 e. The van der Waals surface area contributed by atoms with E-state index in [4.69, 9.17) is 0 Å². The third-order valence-electron chi connectivity index (χ3n) is 3.53. The first-order valence-electron chi connectivity index (χ1n) is 7.08. The van der Waals surface area contributed by atoms with E-state index in [1.807, 2.05) is 38.1 Å². The summed E-state index contributed by atoms with van der Waals surface area (Å²) in [5, 5.41) is 3.24. The van der Waals surface area contributed by atoms with Gasteiger partial charge in [-0.1, -0.05) is 32.9 Å². The normalized spacial score (nSPS) is 18.4. The van der Waals surface area contributed by atoms with Crippen molar-refractivity contribution in [2.24, 2.45) is 5.41 Å². The Morgan fingerprint density at radius 1 is 1.10 bits per heavy atom. The number of piperidine rings is 1. The molecule has 0 atom stereocenters. The molecule has 1 aliphatic rings. The van der Waals surface area contributed by atoms with Gasteiger partial charge in [0.15, 0.2) is 0 Å². The van der Waals surface area contributed by atoms with Gasteiger partial charge in [0.05, 0.1) is 5.69 Å². The van der Waals surface area contributed by atoms with Crippen molar-refractivity contribution < 1.29 is 9.59 Å². The molecule has 1 fully saturated rings. The number of imide groups is 1. The average Bonchev–Trinajstić information content (AvgIpc) is 2.35. The van der Waals surface area contributed by atoms with Crippen molar-refractivity contribution in [2.45, 2.75) is 40.2 Å². The lowest BCUT2D eigenvalue weighted by Gasteiger charge is -2.34. The van der Waals surface area contributed by atoms with Gasteiger partial charge in [-0.3, -0.25) is 14.5 Å². The molecule has 1 heterocycles. The lowest BCUT2D eigenvalue weighted by molar-refractivity contribution is -0.132. The van der Waals surface area contributed by atoms with Gasteiger partial charge in [-0.05, 0) is 29.7 Å². The Balaban J connectivity index is 2.15. The number of carbonyl (C=O) groups excluding carboxylic acids is 2. The van der Waals surface area contributed by atoms with Crippen molar-refractivity contribution in [1.82, 2.24) is 5.32 Å². The maximum absolute atomic E-state index is 12.2. The summed E-state index contributed by atoms with van der Waals surface area (Å²) in [6.45, 7) is 7.69. The number of benzene rings is 1. The number of hydrogen-bond donors (Lipinski definition) is 1. The summed E-state index contributed by atoms with van der Waals surface area (Å²) in [7, 11) is 0. The van der Waals surface area contributed by atoms with E-state index in [0.717, 1.165) is 18.7 Å². The first-order chi connectivity index (χ1) is 9.43. The second-order valence-corrected chi connectivity index (χ2v) is 6.09. The van der Waals surface area contributed by atoms with Crippen molar-refractivity contribution in [1.29, 1.82) is 0 Å². The van der Waals surface area contributed by atoms with E-state index in [0.29, 0.717) is 18.5 Å². The second-order valence-electron chi connectivity index (χ2n) is 6.09. The number of nitrogens with zero attached hydrogens (tertiary/aromatic N) is 1. The summed E-state index contributed by atoms with van der Waals surface area (Å²) in [6, 6.07) is 7.61. The quantitative estimate of drug-likeness (QED) is 0.858. The number of hydrogen-bond acceptors (Lipinski definition) is 3. The van der Waals surface area contributed by atoms with E-state index in [9.17, 15) is 9.59 Å². The van der Waals surface area contributed by atoms with Gasteiger partial charge in [0.1, 0.15) is 0 Å². The van der Waals surface area contributed by atoms with E-state index >= 15 is 0 Å². The Hall–Kier alpha value is -1.68. The van der Waals surface area contributed by atoms with Gasteiger partial charge >= 0.3 is 0 Å². The van der Waals surface area contributed by atoms with Gasteiger partial charge in [0, 0.05) is 19.4 Å². The largest absolute Gasteiger partial charge is 0.313 e. The molecule has 0 spiro atoms. The molecule has 4 nitrogen and oxygen atoms in total. The predicted molar refractivity (Wildman–Crippen MR) is 79.3 cm³/mol. The van der Waals surface area contributed by atoms with Gasteiger partial charge in [0.25, 0.3) is 0 Å². The molecule has 2 rings (SSSR count). The van der Waals surface area contributed by atoms with Gasteiger partial charge in [0.2, 0.25) is 11.8 Å². The van der Waals surface area contributed by atoms with Crippen LogP contribution < -0.4 is 10.2 Å². The summed E-state index contributed by atoms with van der Waals surface area (Å²) in [5.74, 6) is -0.212. The van der Waals surface area contributed by atoms with E-state index in [1.54, 1.807) is 0 Å². The number of anilines is 1. The number of rotatable bonds is 4. The summed E-state index contributed by atoms with van der Waals surface area (Å²) in [5.41, 5.74) is 1.60. The predicted octanol–water partition coefficient (Wildman–Crippen LogP) is 2.48. The van der Waals surface area contributed by atoms with Crippen LogP contribution in [-0.2, 0) is 16.1 Å². The highest BCUT2D eigenvalue weighted by Crippen LogP contribution is 2.33. The van der Waals surface area contributed by atoms with Crippen LogP contribution in [0.1, 0.15) is 39.2 Å². The molecule has 2 amide bonds. The Labute approximate surface area is 120 Å². The SMILES string of the molecule is CCNCc1ccc(N2C(=O)CC(C)(C)CC2=O)cc1. The molecular formula is C16H22N2O2. The number of carbonyl (C=O) groups is 2. The lowest BCUT2D eigenvalue weighted by Crippen LogP contribution is -2.46. The van der Waals surface area contributed by atoms with Crippen molar-refractivity contribution in [3.8, 4) is 0 Å². The topological polar surface area (TPSA) is 49.4 Å². The molecule has 0 radical (unpaired) electrons. The zero-order valence-electron chi connectivity index (χ0n) is 12.4. The Bertz CT molecular complexity index is 486. The lowest BCUT2D eigenvalue weighted by atomic mass is 9.81. The van der Waals surface area contributed by atoms with E-state index in [2.05, 4.69) is 12.2 Å². The minimum atomic E-state index is -0.227. The van der Waals surface area contributed by atoms with Gasteiger partial charge in [-0.25, -0.2) is 0 Å². The molecule has 1 aliphatic heterocycles. The molecule has 1 saturated heterocycles. The molecular weight excluding hydrogens is 252 g/mol. The van der Waals surface area contributed by atoms with Crippen LogP contribution in [0.2, 0.25) is 0 Å². The first-order valence-corrected chi connectivity index (χ1v) is 7.08. The summed E-state index contributed by atoms with van der Waals surface area (Å²) in [6.07, 6.45) is 0.829. The van der Waals surface area contributed by atoms with Crippen LogP contribution >= 0.6 is 0 Å². The minimum absolute atomic E-state index is 0.106. The molecule has 1 aromatic rings. The maximum atomic E-state index is 12.2. The van der Waals surface area contributed by atoms with Gasteiger partial charge in [-0.2, -0.15) is 0 Å². The summed E-state index contributed by atoms with van der Waals surface area (Å²) >= 11 is 0. The Morgan fingerprint density at radius 3 is 2.15 bits per heavy atom. The maximum Gasteiger partial charge on any atom is 0.234 e. The standard InChI is InChI=1S/C16H22N2O2/c1-4-17-11-12-5-7-13(8-6-12)18-14(19)9-16(2,3)10-15(18)20/h5-8,17H,4,9-11H2,1-3H3.